The summed E-state index contributed by atoms with van der Waals surface area (Å²) < 4.78 is 5.80. The number of hydrogen-bond donors (Lipinski definition) is 2. The standard InChI is InChI=1S/C16H19N3O2/c1-10-8-14(15(16(17)20)11(2)19-10)21-13-6-4-12(5-7-13)9-18-3/h4-8,18H,9H2,1-3H3,(H2,17,20). The number of nitrogens with two attached hydrogens (primary N) is 1. The normalized spacial score (nSPS) is 10.4. The number of carbonyl (C=O) groups is 1. The fraction of sp³-hybridized carbons (Fsp3) is 0.250. The number of pyridine rings is 1. The number of nitrogens with one attached hydrogen (secondary N) is 1. The quantitative estimate of drug-likeness (QED) is 0.883. The van der Waals surface area contributed by atoms with E-state index < -0.39 is 5.91 Å². The second kappa shape index (κ2) is 6.37. The molecule has 110 valence electrons. The molecular weight excluding hydrogens is 266 g/mol. The van der Waals surface area contributed by atoms with E-state index in [-0.39, 0.29) is 0 Å². The van der Waals surface area contributed by atoms with E-state index >= 15 is 0 Å². The molecule has 1 heterocycles. The number of nitrogens with zero attached hydrogens (tertiary/aromatic N) is 1. The molecule has 0 fully saturated rings. The van der Waals surface area contributed by atoms with Gasteiger partial charge in [-0.3, -0.25) is 9.78 Å². The molecule has 0 aliphatic heterocycles. The van der Waals surface area contributed by atoms with Crippen molar-refractivity contribution >= 4 is 5.91 Å². The second-order valence-electron chi connectivity index (χ2n) is 4.86. The van der Waals surface area contributed by atoms with Crippen LogP contribution in [-0.4, -0.2) is 17.9 Å². The van der Waals surface area contributed by atoms with E-state index in [4.69, 9.17) is 10.5 Å². The van der Waals surface area contributed by atoms with Gasteiger partial charge in [0.25, 0.3) is 5.91 Å². The van der Waals surface area contributed by atoms with Crippen molar-refractivity contribution < 1.29 is 9.53 Å². The van der Waals surface area contributed by atoms with Crippen LogP contribution in [0.1, 0.15) is 27.3 Å². The van der Waals surface area contributed by atoms with Gasteiger partial charge >= 0.3 is 0 Å². The average molecular weight is 285 g/mol. The molecule has 3 N–H and O–H groups in total. The zero-order chi connectivity index (χ0) is 15.4. The predicted octanol–water partition coefficient (Wildman–Crippen LogP) is 2.31. The molecule has 0 spiro atoms. The summed E-state index contributed by atoms with van der Waals surface area (Å²) in [5.74, 6) is 0.554. The van der Waals surface area contributed by atoms with Crippen molar-refractivity contribution in [3.8, 4) is 11.5 Å². The summed E-state index contributed by atoms with van der Waals surface area (Å²) in [6, 6.07) is 9.38. The summed E-state index contributed by atoms with van der Waals surface area (Å²) in [4.78, 5) is 15.8. The number of hydrogen-bond acceptors (Lipinski definition) is 4. The molecule has 5 nitrogen and oxygen atoms in total. The molecule has 1 amide bonds. The maximum absolute atomic E-state index is 11.6. The topological polar surface area (TPSA) is 77.2 Å². The van der Waals surface area contributed by atoms with Gasteiger partial charge in [-0.05, 0) is 38.6 Å². The summed E-state index contributed by atoms with van der Waals surface area (Å²) in [6.45, 7) is 4.39. The Morgan fingerprint density at radius 2 is 1.95 bits per heavy atom. The second-order valence-corrected chi connectivity index (χ2v) is 4.86. The number of ether oxygens (including phenoxy) is 1. The number of aryl methyl sites for hydroxylation is 2. The summed E-state index contributed by atoms with van der Waals surface area (Å²) in [7, 11) is 1.89. The van der Waals surface area contributed by atoms with E-state index in [1.165, 1.54) is 0 Å². The van der Waals surface area contributed by atoms with Crippen molar-refractivity contribution in [2.45, 2.75) is 20.4 Å². The van der Waals surface area contributed by atoms with E-state index in [0.717, 1.165) is 17.8 Å². The first kappa shape index (κ1) is 15.0. The molecule has 5 heteroatoms. The number of aromatic nitrogens is 1. The molecule has 0 saturated heterocycles. The van der Waals surface area contributed by atoms with Crippen molar-refractivity contribution in [1.82, 2.24) is 10.3 Å². The Kier molecular flexibility index (Phi) is 4.55. The van der Waals surface area contributed by atoms with Crippen molar-refractivity contribution in [2.75, 3.05) is 7.05 Å². The number of benzene rings is 1. The Morgan fingerprint density at radius 1 is 1.29 bits per heavy atom. The van der Waals surface area contributed by atoms with Crippen molar-refractivity contribution in [2.24, 2.45) is 5.73 Å². The number of rotatable bonds is 5. The fourth-order valence-electron chi connectivity index (χ4n) is 2.18. The largest absolute Gasteiger partial charge is 0.456 e. The minimum Gasteiger partial charge on any atom is -0.456 e. The molecule has 0 aliphatic carbocycles. The first-order chi connectivity index (χ1) is 10.0. The maximum Gasteiger partial charge on any atom is 0.254 e. The minimum atomic E-state index is -0.540. The predicted molar refractivity (Wildman–Crippen MR) is 81.5 cm³/mol. The Hall–Kier alpha value is -2.40. The Morgan fingerprint density at radius 3 is 2.52 bits per heavy atom. The fourth-order valence-corrected chi connectivity index (χ4v) is 2.18. The lowest BCUT2D eigenvalue weighted by Crippen LogP contribution is -2.15. The van der Waals surface area contributed by atoms with Crippen LogP contribution < -0.4 is 15.8 Å². The number of carbonyl (C=O) groups excluding carboxylic acids is 1. The Bertz CT molecular complexity index is 651. The summed E-state index contributed by atoms with van der Waals surface area (Å²) in [6.07, 6.45) is 0. The van der Waals surface area contributed by atoms with Gasteiger partial charge in [-0.15, -0.1) is 0 Å². The summed E-state index contributed by atoms with van der Waals surface area (Å²) >= 11 is 0. The molecule has 1 aromatic heterocycles. The highest BCUT2D eigenvalue weighted by Crippen LogP contribution is 2.27. The lowest BCUT2D eigenvalue weighted by Gasteiger charge is -2.12. The molecule has 0 saturated carbocycles. The van der Waals surface area contributed by atoms with Crippen molar-refractivity contribution in [3.63, 3.8) is 0 Å². The zero-order valence-corrected chi connectivity index (χ0v) is 12.4. The molecule has 1 aromatic carbocycles. The van der Waals surface area contributed by atoms with Crippen molar-refractivity contribution in [1.29, 1.82) is 0 Å². The monoisotopic (exact) mass is 285 g/mol. The molecule has 21 heavy (non-hydrogen) atoms. The van der Waals surface area contributed by atoms with Gasteiger partial charge < -0.3 is 15.8 Å². The van der Waals surface area contributed by atoms with E-state index in [2.05, 4.69) is 10.3 Å². The van der Waals surface area contributed by atoms with E-state index in [9.17, 15) is 4.79 Å². The van der Waals surface area contributed by atoms with Gasteiger partial charge in [-0.2, -0.15) is 0 Å². The van der Waals surface area contributed by atoms with Crippen molar-refractivity contribution in [3.05, 3.63) is 52.8 Å². The van der Waals surface area contributed by atoms with Crippen LogP contribution in [0.2, 0.25) is 0 Å². The van der Waals surface area contributed by atoms with Gasteiger partial charge in [0.2, 0.25) is 0 Å². The van der Waals surface area contributed by atoms with Gasteiger partial charge in [0.05, 0.1) is 5.69 Å². The first-order valence-electron chi connectivity index (χ1n) is 6.70. The maximum atomic E-state index is 11.6. The zero-order valence-electron chi connectivity index (χ0n) is 12.4. The molecule has 2 aromatic rings. The molecule has 0 unspecified atom stereocenters. The Balaban J connectivity index is 2.32. The van der Waals surface area contributed by atoms with E-state index in [1.54, 1.807) is 13.0 Å². The van der Waals surface area contributed by atoms with E-state index in [1.807, 2.05) is 38.2 Å². The molecular formula is C16H19N3O2. The van der Waals surface area contributed by atoms with Gasteiger partial charge in [-0.1, -0.05) is 12.1 Å². The highest BCUT2D eigenvalue weighted by atomic mass is 16.5. The Labute approximate surface area is 124 Å². The van der Waals surface area contributed by atoms with Gasteiger partial charge in [-0.25, -0.2) is 0 Å². The molecule has 0 aliphatic rings. The lowest BCUT2D eigenvalue weighted by atomic mass is 10.1. The van der Waals surface area contributed by atoms with Crippen LogP contribution >= 0.6 is 0 Å². The third-order valence-corrected chi connectivity index (χ3v) is 3.07. The lowest BCUT2D eigenvalue weighted by molar-refractivity contribution is 0.0997. The number of amides is 1. The third kappa shape index (κ3) is 3.58. The van der Waals surface area contributed by atoms with Crippen LogP contribution in [0.5, 0.6) is 11.5 Å². The summed E-state index contributed by atoms with van der Waals surface area (Å²) in [5, 5.41) is 3.08. The van der Waals surface area contributed by atoms with Crippen LogP contribution in [0, 0.1) is 13.8 Å². The van der Waals surface area contributed by atoms with Crippen LogP contribution in [0.3, 0.4) is 0 Å². The van der Waals surface area contributed by atoms with Gasteiger partial charge in [0, 0.05) is 18.3 Å². The minimum absolute atomic E-state index is 0.319. The summed E-state index contributed by atoms with van der Waals surface area (Å²) in [5.41, 5.74) is 8.24. The highest BCUT2D eigenvalue weighted by molar-refractivity contribution is 5.96. The average Bonchev–Trinajstić information content (AvgIpc) is 2.40. The number of primary amides is 1. The third-order valence-electron chi connectivity index (χ3n) is 3.07. The van der Waals surface area contributed by atoms with E-state index in [0.29, 0.717) is 22.8 Å². The molecule has 0 radical (unpaired) electrons. The first-order valence-corrected chi connectivity index (χ1v) is 6.70. The molecule has 0 bridgehead atoms. The van der Waals surface area contributed by atoms with Gasteiger partial charge in [0.15, 0.2) is 0 Å². The smallest absolute Gasteiger partial charge is 0.254 e. The highest BCUT2D eigenvalue weighted by Gasteiger charge is 2.15. The van der Waals surface area contributed by atoms with Crippen LogP contribution in [-0.2, 0) is 6.54 Å². The van der Waals surface area contributed by atoms with Crippen LogP contribution in [0.4, 0.5) is 0 Å². The van der Waals surface area contributed by atoms with Crippen LogP contribution in [0.15, 0.2) is 30.3 Å². The molecule has 2 rings (SSSR count). The van der Waals surface area contributed by atoms with Crippen LogP contribution in [0.25, 0.3) is 0 Å². The SMILES string of the molecule is CNCc1ccc(Oc2cc(C)nc(C)c2C(N)=O)cc1. The molecule has 0 atom stereocenters. The van der Waals surface area contributed by atoms with Gasteiger partial charge in [0.1, 0.15) is 17.1 Å².